The molecule has 1 unspecified atom stereocenters. The van der Waals surface area contributed by atoms with E-state index in [1.54, 1.807) is 6.07 Å². The van der Waals surface area contributed by atoms with Gasteiger partial charge in [0.05, 0.1) is 17.9 Å². The summed E-state index contributed by atoms with van der Waals surface area (Å²) in [5.41, 5.74) is 0.0169. The zero-order chi connectivity index (χ0) is 12.3. The van der Waals surface area contributed by atoms with Crippen molar-refractivity contribution < 1.29 is 10.2 Å². The lowest BCUT2D eigenvalue weighted by Gasteiger charge is -2.22. The van der Waals surface area contributed by atoms with Crippen LogP contribution in [0.1, 0.15) is 31.9 Å². The molecule has 0 saturated carbocycles. The third-order valence-electron chi connectivity index (χ3n) is 3.26. The van der Waals surface area contributed by atoms with Crippen molar-refractivity contribution in [3.05, 3.63) is 17.8 Å². The van der Waals surface area contributed by atoms with Gasteiger partial charge in [0.2, 0.25) is 0 Å². The quantitative estimate of drug-likeness (QED) is 0.793. The molecule has 1 aromatic rings. The van der Waals surface area contributed by atoms with Crippen molar-refractivity contribution in [3.63, 3.8) is 0 Å². The van der Waals surface area contributed by atoms with E-state index in [-0.39, 0.29) is 6.61 Å². The van der Waals surface area contributed by atoms with E-state index in [0.29, 0.717) is 5.69 Å². The summed E-state index contributed by atoms with van der Waals surface area (Å²) in [4.78, 5) is 2.13. The summed E-state index contributed by atoms with van der Waals surface area (Å²) in [6.45, 7) is 3.49. The molecule has 17 heavy (non-hydrogen) atoms. The van der Waals surface area contributed by atoms with Gasteiger partial charge in [-0.1, -0.05) is 0 Å². The van der Waals surface area contributed by atoms with Crippen molar-refractivity contribution in [2.24, 2.45) is 0 Å². The molecule has 1 aliphatic rings. The van der Waals surface area contributed by atoms with E-state index in [4.69, 9.17) is 5.11 Å². The van der Waals surface area contributed by atoms with Crippen LogP contribution in [0.2, 0.25) is 0 Å². The molecule has 1 aromatic heterocycles. The molecule has 1 saturated heterocycles. The van der Waals surface area contributed by atoms with Crippen LogP contribution in [0.15, 0.2) is 12.1 Å². The maximum atomic E-state index is 10.0. The molecule has 0 aromatic carbocycles. The average Bonchev–Trinajstić information content (AvgIpc) is 2.50. The summed E-state index contributed by atoms with van der Waals surface area (Å²) in [7, 11) is 0. The van der Waals surface area contributed by atoms with Crippen LogP contribution in [0.5, 0.6) is 0 Å². The molecule has 0 spiro atoms. The largest absolute Gasteiger partial charge is 0.390 e. The fraction of sp³-hybridized carbons (Fsp3) is 0.667. The van der Waals surface area contributed by atoms with Gasteiger partial charge in [-0.15, -0.1) is 5.10 Å². The molecule has 94 valence electrons. The number of aromatic nitrogens is 2. The normalized spacial score (nSPS) is 25.7. The lowest BCUT2D eigenvalue weighted by molar-refractivity contribution is 0.0481. The van der Waals surface area contributed by atoms with E-state index in [9.17, 15) is 5.11 Å². The van der Waals surface area contributed by atoms with Gasteiger partial charge in [-0.2, -0.15) is 5.10 Å². The molecule has 0 radical (unpaired) electrons. The van der Waals surface area contributed by atoms with Crippen molar-refractivity contribution in [2.45, 2.75) is 38.4 Å². The van der Waals surface area contributed by atoms with E-state index < -0.39 is 5.60 Å². The Balaban J connectivity index is 2.06. The van der Waals surface area contributed by atoms with E-state index in [1.807, 2.05) is 13.0 Å². The predicted octanol–water partition coefficient (Wildman–Crippen LogP) is 0.710. The van der Waals surface area contributed by atoms with E-state index in [0.717, 1.165) is 38.2 Å². The van der Waals surface area contributed by atoms with Gasteiger partial charge in [0, 0.05) is 13.1 Å². The fourth-order valence-corrected chi connectivity index (χ4v) is 2.10. The smallest absolute Gasteiger partial charge is 0.151 e. The Bertz CT molecular complexity index is 365. The number of nitrogens with zero attached hydrogens (tertiary/aromatic N) is 3. The molecule has 2 N–H and O–H groups in total. The minimum Gasteiger partial charge on any atom is -0.390 e. The van der Waals surface area contributed by atoms with Crippen LogP contribution in [0, 0.1) is 0 Å². The van der Waals surface area contributed by atoms with Gasteiger partial charge in [-0.05, 0) is 38.3 Å². The number of rotatable bonds is 2. The first-order valence-electron chi connectivity index (χ1n) is 6.01. The van der Waals surface area contributed by atoms with Crippen molar-refractivity contribution >= 4 is 5.82 Å². The molecule has 1 atom stereocenters. The highest BCUT2D eigenvalue weighted by Crippen LogP contribution is 2.23. The first-order chi connectivity index (χ1) is 8.11. The van der Waals surface area contributed by atoms with Gasteiger partial charge in [0.25, 0.3) is 0 Å². The molecule has 5 nitrogen and oxygen atoms in total. The summed E-state index contributed by atoms with van der Waals surface area (Å²) in [5.74, 6) is 0.819. The van der Waals surface area contributed by atoms with Crippen LogP contribution in [0.4, 0.5) is 5.82 Å². The van der Waals surface area contributed by atoms with Crippen LogP contribution >= 0.6 is 0 Å². The topological polar surface area (TPSA) is 69.5 Å². The standard InChI is InChI=1S/C12H19N3O2/c1-12(17)5-2-7-15(8-6-12)11-4-3-10(9-16)13-14-11/h3-4,16-17H,2,5-9H2,1H3. The Hall–Kier alpha value is -1.20. The van der Waals surface area contributed by atoms with Crippen LogP contribution in [-0.4, -0.2) is 39.1 Å². The first-order valence-corrected chi connectivity index (χ1v) is 6.01. The Morgan fingerprint density at radius 3 is 2.76 bits per heavy atom. The van der Waals surface area contributed by atoms with Crippen LogP contribution in [0.3, 0.4) is 0 Å². The number of anilines is 1. The lowest BCUT2D eigenvalue weighted by Crippen LogP contribution is -2.29. The van der Waals surface area contributed by atoms with Crippen molar-refractivity contribution in [1.82, 2.24) is 10.2 Å². The van der Waals surface area contributed by atoms with Crippen molar-refractivity contribution in [1.29, 1.82) is 0 Å². The van der Waals surface area contributed by atoms with E-state index >= 15 is 0 Å². The molecule has 5 heteroatoms. The minimum atomic E-state index is -0.562. The maximum Gasteiger partial charge on any atom is 0.151 e. The molecular formula is C12H19N3O2. The highest BCUT2D eigenvalue weighted by molar-refractivity contribution is 5.37. The Kier molecular flexibility index (Phi) is 3.59. The highest BCUT2D eigenvalue weighted by Gasteiger charge is 2.25. The molecule has 1 fully saturated rings. The Morgan fingerprint density at radius 2 is 2.12 bits per heavy atom. The number of hydrogen-bond donors (Lipinski definition) is 2. The summed E-state index contributed by atoms with van der Waals surface area (Å²) in [6, 6.07) is 3.66. The monoisotopic (exact) mass is 237 g/mol. The zero-order valence-electron chi connectivity index (χ0n) is 10.1. The average molecular weight is 237 g/mol. The van der Waals surface area contributed by atoms with Gasteiger partial charge in [0.1, 0.15) is 0 Å². The maximum absolute atomic E-state index is 10.0. The summed E-state index contributed by atoms with van der Waals surface area (Å²) in [6.07, 6.45) is 2.53. The van der Waals surface area contributed by atoms with E-state index in [1.165, 1.54) is 0 Å². The molecule has 0 aliphatic carbocycles. The Labute approximate surface area is 101 Å². The van der Waals surface area contributed by atoms with Crippen LogP contribution < -0.4 is 4.90 Å². The highest BCUT2D eigenvalue weighted by atomic mass is 16.3. The predicted molar refractivity (Wildman–Crippen MR) is 64.6 cm³/mol. The second-order valence-electron chi connectivity index (χ2n) is 4.88. The fourth-order valence-electron chi connectivity index (χ4n) is 2.10. The zero-order valence-corrected chi connectivity index (χ0v) is 10.1. The molecule has 2 heterocycles. The van der Waals surface area contributed by atoms with Gasteiger partial charge < -0.3 is 15.1 Å². The summed E-state index contributed by atoms with van der Waals surface area (Å²) < 4.78 is 0. The summed E-state index contributed by atoms with van der Waals surface area (Å²) >= 11 is 0. The van der Waals surface area contributed by atoms with Gasteiger partial charge in [0.15, 0.2) is 5.82 Å². The molecule has 0 bridgehead atoms. The van der Waals surface area contributed by atoms with Crippen molar-refractivity contribution in [2.75, 3.05) is 18.0 Å². The first kappa shape index (κ1) is 12.3. The minimum absolute atomic E-state index is 0.0814. The molecular weight excluding hydrogens is 218 g/mol. The lowest BCUT2D eigenvalue weighted by atomic mass is 9.98. The number of aliphatic hydroxyl groups excluding tert-OH is 1. The van der Waals surface area contributed by atoms with E-state index in [2.05, 4.69) is 15.1 Å². The third kappa shape index (κ3) is 3.14. The Morgan fingerprint density at radius 1 is 1.29 bits per heavy atom. The third-order valence-corrected chi connectivity index (χ3v) is 3.26. The molecule has 1 aliphatic heterocycles. The van der Waals surface area contributed by atoms with Gasteiger partial charge in [-0.25, -0.2) is 0 Å². The second kappa shape index (κ2) is 4.98. The molecule has 2 rings (SSSR count). The van der Waals surface area contributed by atoms with Gasteiger partial charge in [-0.3, -0.25) is 0 Å². The molecule has 0 amide bonds. The van der Waals surface area contributed by atoms with Crippen LogP contribution in [0.25, 0.3) is 0 Å². The van der Waals surface area contributed by atoms with Crippen LogP contribution in [-0.2, 0) is 6.61 Å². The van der Waals surface area contributed by atoms with Gasteiger partial charge >= 0.3 is 0 Å². The summed E-state index contributed by atoms with van der Waals surface area (Å²) in [5, 5.41) is 26.9. The number of aliphatic hydroxyl groups is 2. The second-order valence-corrected chi connectivity index (χ2v) is 4.88. The van der Waals surface area contributed by atoms with Crippen molar-refractivity contribution in [3.8, 4) is 0 Å². The number of hydrogen-bond acceptors (Lipinski definition) is 5. The SMILES string of the molecule is CC1(O)CCCN(c2ccc(CO)nn2)CC1.